The average molecular weight is 499 g/mol. The second-order valence-corrected chi connectivity index (χ2v) is 12.8. The van der Waals surface area contributed by atoms with Gasteiger partial charge in [0.05, 0.1) is 10.9 Å². The van der Waals surface area contributed by atoms with E-state index in [0.717, 1.165) is 25.7 Å². The Labute approximate surface area is 208 Å². The lowest BCUT2D eigenvalue weighted by molar-refractivity contribution is 0.389. The van der Waals surface area contributed by atoms with Gasteiger partial charge in [0.15, 0.2) is 14.7 Å². The Bertz CT molecular complexity index is 1060. The number of hydrogen-bond donors (Lipinski definition) is 2. The Morgan fingerprint density at radius 2 is 1.18 bits per heavy atom. The zero-order chi connectivity index (χ0) is 24.6. The van der Waals surface area contributed by atoms with Crippen molar-refractivity contribution in [2.45, 2.75) is 79.0 Å². The van der Waals surface area contributed by atoms with Crippen molar-refractivity contribution in [3.63, 3.8) is 0 Å². The Morgan fingerprint density at radius 3 is 1.59 bits per heavy atom. The maximum Gasteiger partial charge on any atom is 0.333 e. The molecule has 182 valence electrons. The van der Waals surface area contributed by atoms with Crippen LogP contribution < -0.4 is 4.72 Å². The molecule has 0 spiro atoms. The fourth-order valence-corrected chi connectivity index (χ4v) is 6.78. The summed E-state index contributed by atoms with van der Waals surface area (Å²) in [5.74, 6) is 0. The van der Waals surface area contributed by atoms with Gasteiger partial charge in [-0.1, -0.05) is 88.6 Å². The van der Waals surface area contributed by atoms with Crippen LogP contribution in [0.3, 0.4) is 0 Å². The van der Waals surface area contributed by atoms with E-state index in [9.17, 15) is 8.42 Å². The molecule has 4 nitrogen and oxygen atoms in total. The molecule has 0 bridgehead atoms. The van der Waals surface area contributed by atoms with E-state index in [4.69, 9.17) is 4.55 Å². The van der Waals surface area contributed by atoms with E-state index in [-0.39, 0.29) is 22.4 Å². The van der Waals surface area contributed by atoms with Gasteiger partial charge >= 0.3 is 10.3 Å². The van der Waals surface area contributed by atoms with Crippen molar-refractivity contribution in [2.24, 2.45) is 0 Å². The third kappa shape index (κ3) is 8.27. The fourth-order valence-electron chi connectivity index (χ4n) is 4.04. The van der Waals surface area contributed by atoms with Crippen LogP contribution in [0.4, 0.5) is 0 Å². The van der Waals surface area contributed by atoms with E-state index >= 15 is 0 Å². The Balaban J connectivity index is 0.000000248. The van der Waals surface area contributed by atoms with Crippen LogP contribution in [0.5, 0.6) is 0 Å². The van der Waals surface area contributed by atoms with Crippen LogP contribution in [0.15, 0.2) is 99.6 Å². The third-order valence-electron chi connectivity index (χ3n) is 5.83. The van der Waals surface area contributed by atoms with E-state index in [0.29, 0.717) is 0 Å². The molecule has 34 heavy (non-hydrogen) atoms. The van der Waals surface area contributed by atoms with Gasteiger partial charge in [-0.15, -0.1) is 0 Å². The molecule has 0 amide bonds. The van der Waals surface area contributed by atoms with Gasteiger partial charge in [0.1, 0.15) is 0 Å². The van der Waals surface area contributed by atoms with Gasteiger partial charge < -0.3 is 0 Å². The molecule has 0 aromatic heterocycles. The molecule has 3 aromatic carbocycles. The monoisotopic (exact) mass is 498 g/mol. The molecule has 6 heteroatoms. The summed E-state index contributed by atoms with van der Waals surface area (Å²) in [7, 11) is -4.02. The number of hydrogen-bond acceptors (Lipinski definition) is 2. The van der Waals surface area contributed by atoms with E-state index < -0.39 is 10.3 Å². The predicted molar refractivity (Wildman–Crippen MR) is 142 cm³/mol. The first-order valence-corrected chi connectivity index (χ1v) is 14.5. The minimum Gasteiger partial charge on any atom is -0.273 e. The second kappa shape index (κ2) is 12.0. The zero-order valence-electron chi connectivity index (χ0n) is 20.3. The number of benzene rings is 3. The maximum atomic E-state index is 10.3. The van der Waals surface area contributed by atoms with Crippen molar-refractivity contribution in [2.75, 3.05) is 0 Å². The zero-order valence-corrected chi connectivity index (χ0v) is 21.9. The molecule has 0 saturated heterocycles. The Hall–Kier alpha value is -2.12. The molecule has 0 aliphatic heterocycles. The smallest absolute Gasteiger partial charge is 0.273 e. The van der Waals surface area contributed by atoms with E-state index in [1.54, 1.807) is 0 Å². The van der Waals surface area contributed by atoms with Gasteiger partial charge in [-0.25, -0.2) is 0 Å². The summed E-state index contributed by atoms with van der Waals surface area (Å²) in [4.78, 5) is 4.10. The number of rotatable bonds is 5. The quantitative estimate of drug-likeness (QED) is 0.301. The van der Waals surface area contributed by atoms with Crippen LogP contribution in [-0.2, 0) is 26.6 Å². The van der Waals surface area contributed by atoms with Crippen LogP contribution in [0, 0.1) is 0 Å². The van der Waals surface area contributed by atoms with Crippen LogP contribution >= 0.6 is 0 Å². The van der Waals surface area contributed by atoms with Crippen molar-refractivity contribution in [1.29, 1.82) is 0 Å². The molecule has 0 atom stereocenters. The van der Waals surface area contributed by atoms with Gasteiger partial charge in [-0.05, 0) is 60.2 Å². The van der Waals surface area contributed by atoms with Crippen LogP contribution in [0.25, 0.3) is 0 Å². The van der Waals surface area contributed by atoms with Crippen LogP contribution in [0.2, 0.25) is 0 Å². The molecule has 2 N–H and O–H groups in total. The topological polar surface area (TPSA) is 66.4 Å². The summed E-state index contributed by atoms with van der Waals surface area (Å²) in [6, 6.07) is 30.7. The summed E-state index contributed by atoms with van der Waals surface area (Å²) in [5, 5.41) is 0. The highest BCUT2D eigenvalue weighted by molar-refractivity contribution is 7.97. The predicted octanol–water partition coefficient (Wildman–Crippen LogP) is 6.79. The van der Waals surface area contributed by atoms with Crippen molar-refractivity contribution in [3.05, 3.63) is 90.5 Å². The van der Waals surface area contributed by atoms with Gasteiger partial charge in [0.25, 0.3) is 0 Å². The van der Waals surface area contributed by atoms with Crippen molar-refractivity contribution in [1.82, 2.24) is 4.72 Å². The molecule has 0 heterocycles. The van der Waals surface area contributed by atoms with Crippen LogP contribution in [-0.4, -0.2) is 19.0 Å². The largest absolute Gasteiger partial charge is 0.333 e. The first-order chi connectivity index (χ1) is 16.1. The summed E-state index contributed by atoms with van der Waals surface area (Å²) < 4.78 is 31.3. The summed E-state index contributed by atoms with van der Waals surface area (Å²) in [6.45, 7) is 6.78. The fraction of sp³-hybridized carbons (Fsp3) is 0.357. The highest BCUT2D eigenvalue weighted by atomic mass is 32.2. The molecule has 4 rings (SSSR count). The molecule has 1 saturated carbocycles. The summed E-state index contributed by atoms with van der Waals surface area (Å²) >= 11 is 0. The van der Waals surface area contributed by atoms with Crippen molar-refractivity contribution in [3.8, 4) is 0 Å². The first-order valence-electron chi connectivity index (χ1n) is 11.8. The summed E-state index contributed by atoms with van der Waals surface area (Å²) in [6.07, 6.45) is 4.96. The second-order valence-electron chi connectivity index (χ2n) is 9.63. The highest BCUT2D eigenvalue weighted by Gasteiger charge is 2.28. The van der Waals surface area contributed by atoms with E-state index in [2.05, 4.69) is 110 Å². The van der Waals surface area contributed by atoms with E-state index in [1.165, 1.54) is 26.7 Å². The maximum absolute atomic E-state index is 10.3. The third-order valence-corrected chi connectivity index (χ3v) is 8.70. The Kier molecular flexibility index (Phi) is 9.37. The molecule has 0 unspecified atom stereocenters. The highest BCUT2D eigenvalue weighted by Crippen LogP contribution is 2.32. The lowest BCUT2D eigenvalue weighted by Gasteiger charge is -2.20. The van der Waals surface area contributed by atoms with Crippen LogP contribution in [0.1, 0.15) is 58.4 Å². The SMILES string of the molecule is CC(C)(C)c1ccc([S+](c2ccccc2)c2ccccc2)cc1.O=S(=O)(O)NC1CCCCC1. The van der Waals surface area contributed by atoms with Gasteiger partial charge in [0, 0.05) is 6.04 Å². The minimum absolute atomic E-state index is 0.0428. The van der Waals surface area contributed by atoms with Gasteiger partial charge in [-0.3, -0.25) is 4.55 Å². The standard InChI is InChI=1S/C22H23S.C6H13NO3S/c1-22(2,3)18-14-16-21(17-15-18)23(19-10-6-4-7-11-19)20-12-8-5-9-13-20;8-11(9,10)7-6-4-2-1-3-5-6/h4-17H,1-3H3;6-7H,1-5H2,(H,8,9,10)/q+1;. The van der Waals surface area contributed by atoms with Crippen molar-refractivity contribution < 1.29 is 13.0 Å². The van der Waals surface area contributed by atoms with Crippen molar-refractivity contribution >= 4 is 21.2 Å². The average Bonchev–Trinajstić information content (AvgIpc) is 2.81. The molecule has 1 fully saturated rings. The lowest BCUT2D eigenvalue weighted by Crippen LogP contribution is -2.35. The minimum atomic E-state index is -3.97. The van der Waals surface area contributed by atoms with Gasteiger partial charge in [-0.2, -0.15) is 13.1 Å². The lowest BCUT2D eigenvalue weighted by atomic mass is 9.87. The Morgan fingerprint density at radius 1 is 0.735 bits per heavy atom. The molecular weight excluding hydrogens is 462 g/mol. The number of nitrogens with one attached hydrogen (secondary N) is 1. The van der Waals surface area contributed by atoms with E-state index in [1.807, 2.05) is 0 Å². The molecular formula is C28H36NO3S2+. The summed E-state index contributed by atoms with van der Waals surface area (Å²) in [5.41, 5.74) is 1.57. The first kappa shape index (κ1) is 26.5. The van der Waals surface area contributed by atoms with Gasteiger partial charge in [0.2, 0.25) is 0 Å². The molecule has 3 aromatic rings. The normalized spacial score (nSPS) is 15.0. The molecule has 1 aliphatic carbocycles. The molecule has 0 radical (unpaired) electrons. The molecule has 1 aliphatic rings.